The molecule has 0 saturated carbocycles. The first-order valence-electron chi connectivity index (χ1n) is 13.0. The van der Waals surface area contributed by atoms with Crippen LogP contribution in [0.3, 0.4) is 0 Å². The van der Waals surface area contributed by atoms with Crippen LogP contribution in [0, 0.1) is 0 Å². The molecule has 0 atom stereocenters. The van der Waals surface area contributed by atoms with Crippen LogP contribution in [0.4, 0.5) is 0 Å². The molecule has 0 bridgehead atoms. The second-order valence-electron chi connectivity index (χ2n) is 9.61. The summed E-state index contributed by atoms with van der Waals surface area (Å²) in [5.74, 6) is 2.01. The molecule has 6 aromatic rings. The van der Waals surface area contributed by atoms with Crippen molar-refractivity contribution in [1.82, 2.24) is 15.0 Å². The topological polar surface area (TPSA) is 38.7 Å². The van der Waals surface area contributed by atoms with Gasteiger partial charge in [-0.05, 0) is 51.9 Å². The van der Waals surface area contributed by atoms with Crippen molar-refractivity contribution in [3.63, 3.8) is 0 Å². The Labute approximate surface area is 222 Å². The number of hydrogen-bond donors (Lipinski definition) is 0. The van der Waals surface area contributed by atoms with E-state index in [2.05, 4.69) is 66.7 Å². The SMILES string of the molecule is C1=Cc2c(cc3ccccc3c2-c2cccc(-c3nc(-c4ccccc4)nc(-c4ccccc4)n3)c2)CC1. The standard InChI is InChI=1S/C35H25N3/c1-3-12-24(13-4-1)33-36-34(25-14-5-2-6-15-25)38-35(37-33)29-19-11-18-28(23-29)32-30-20-9-7-16-26(30)22-27-17-8-10-21-31(27)32/h1-7,9-16,18-23H,8,17H2. The third-order valence-electron chi connectivity index (χ3n) is 7.15. The van der Waals surface area contributed by atoms with Crippen molar-refractivity contribution in [2.24, 2.45) is 0 Å². The Kier molecular flexibility index (Phi) is 5.60. The number of aryl methyl sites for hydroxylation is 1. The summed E-state index contributed by atoms with van der Waals surface area (Å²) in [6.07, 6.45) is 6.73. The summed E-state index contributed by atoms with van der Waals surface area (Å²) in [5.41, 5.74) is 8.08. The maximum Gasteiger partial charge on any atom is 0.164 e. The van der Waals surface area contributed by atoms with Crippen LogP contribution < -0.4 is 0 Å². The Morgan fingerprint density at radius 2 is 1.08 bits per heavy atom. The quantitative estimate of drug-likeness (QED) is 0.250. The zero-order chi connectivity index (χ0) is 25.3. The van der Waals surface area contributed by atoms with Gasteiger partial charge in [-0.2, -0.15) is 0 Å². The van der Waals surface area contributed by atoms with E-state index in [1.165, 1.54) is 33.0 Å². The molecule has 0 radical (unpaired) electrons. The Morgan fingerprint density at radius 1 is 0.500 bits per heavy atom. The minimum atomic E-state index is 0.671. The predicted molar refractivity (Wildman–Crippen MR) is 156 cm³/mol. The second-order valence-corrected chi connectivity index (χ2v) is 9.61. The molecule has 5 aromatic carbocycles. The molecule has 1 aliphatic carbocycles. The first kappa shape index (κ1) is 22.3. The number of allylic oxidation sites excluding steroid dienone is 1. The van der Waals surface area contributed by atoms with Crippen LogP contribution in [0.25, 0.3) is 62.1 Å². The van der Waals surface area contributed by atoms with E-state index in [1.807, 2.05) is 60.7 Å². The van der Waals surface area contributed by atoms with Crippen LogP contribution in [0.15, 0.2) is 121 Å². The van der Waals surface area contributed by atoms with Crippen molar-refractivity contribution in [3.8, 4) is 45.3 Å². The molecule has 0 saturated heterocycles. The number of rotatable bonds is 4. The van der Waals surface area contributed by atoms with E-state index >= 15 is 0 Å². The average molecular weight is 488 g/mol. The van der Waals surface area contributed by atoms with E-state index in [-0.39, 0.29) is 0 Å². The van der Waals surface area contributed by atoms with Gasteiger partial charge in [0.05, 0.1) is 0 Å². The molecular weight excluding hydrogens is 462 g/mol. The van der Waals surface area contributed by atoms with Crippen LogP contribution in [-0.4, -0.2) is 15.0 Å². The van der Waals surface area contributed by atoms with Gasteiger partial charge in [-0.3, -0.25) is 0 Å². The molecule has 1 aromatic heterocycles. The number of aromatic nitrogens is 3. The minimum absolute atomic E-state index is 0.671. The third-order valence-corrected chi connectivity index (χ3v) is 7.15. The Morgan fingerprint density at radius 3 is 1.79 bits per heavy atom. The fourth-order valence-electron chi connectivity index (χ4n) is 5.32. The molecule has 38 heavy (non-hydrogen) atoms. The zero-order valence-electron chi connectivity index (χ0n) is 20.9. The molecule has 1 heterocycles. The number of benzene rings is 5. The zero-order valence-corrected chi connectivity index (χ0v) is 20.9. The van der Waals surface area contributed by atoms with Crippen molar-refractivity contribution in [2.45, 2.75) is 12.8 Å². The van der Waals surface area contributed by atoms with Gasteiger partial charge in [0.25, 0.3) is 0 Å². The van der Waals surface area contributed by atoms with E-state index in [9.17, 15) is 0 Å². The van der Waals surface area contributed by atoms with E-state index in [0.717, 1.165) is 29.5 Å². The second kappa shape index (κ2) is 9.53. The van der Waals surface area contributed by atoms with Gasteiger partial charge in [-0.1, -0.05) is 121 Å². The van der Waals surface area contributed by atoms with Crippen LogP contribution in [0.1, 0.15) is 17.5 Å². The third kappa shape index (κ3) is 4.08. The Bertz CT molecular complexity index is 1750. The summed E-state index contributed by atoms with van der Waals surface area (Å²) in [4.78, 5) is 14.7. The summed E-state index contributed by atoms with van der Waals surface area (Å²) in [6.45, 7) is 0. The largest absolute Gasteiger partial charge is 0.208 e. The molecule has 7 rings (SSSR count). The molecule has 0 unspecified atom stereocenters. The van der Waals surface area contributed by atoms with Crippen LogP contribution >= 0.6 is 0 Å². The molecule has 0 aliphatic heterocycles. The molecule has 0 fully saturated rings. The Hall–Kier alpha value is -4.89. The molecule has 1 aliphatic rings. The Balaban J connectivity index is 1.43. The number of hydrogen-bond acceptors (Lipinski definition) is 3. The molecule has 0 spiro atoms. The van der Waals surface area contributed by atoms with E-state index in [0.29, 0.717) is 17.5 Å². The summed E-state index contributed by atoms with van der Waals surface area (Å²) in [7, 11) is 0. The van der Waals surface area contributed by atoms with Crippen molar-refractivity contribution in [1.29, 1.82) is 0 Å². The number of nitrogens with zero attached hydrogens (tertiary/aromatic N) is 3. The monoisotopic (exact) mass is 487 g/mol. The highest BCUT2D eigenvalue weighted by molar-refractivity contribution is 6.02. The van der Waals surface area contributed by atoms with Gasteiger partial charge >= 0.3 is 0 Å². The van der Waals surface area contributed by atoms with Crippen LogP contribution in [0.5, 0.6) is 0 Å². The van der Waals surface area contributed by atoms with Gasteiger partial charge in [0, 0.05) is 16.7 Å². The lowest BCUT2D eigenvalue weighted by atomic mass is 9.85. The van der Waals surface area contributed by atoms with Crippen molar-refractivity contribution >= 4 is 16.8 Å². The number of fused-ring (bicyclic) bond motifs is 2. The summed E-state index contributed by atoms with van der Waals surface area (Å²) in [6, 6.07) is 39.9. The highest BCUT2D eigenvalue weighted by atomic mass is 15.0. The average Bonchev–Trinajstić information content (AvgIpc) is 3.00. The normalized spacial score (nSPS) is 12.4. The van der Waals surface area contributed by atoms with Gasteiger partial charge in [-0.15, -0.1) is 0 Å². The van der Waals surface area contributed by atoms with E-state index < -0.39 is 0 Å². The van der Waals surface area contributed by atoms with Crippen LogP contribution in [-0.2, 0) is 6.42 Å². The van der Waals surface area contributed by atoms with Gasteiger partial charge in [0.15, 0.2) is 17.5 Å². The molecule has 180 valence electrons. The first-order chi connectivity index (χ1) is 18.8. The molecule has 3 heteroatoms. The lowest BCUT2D eigenvalue weighted by Crippen LogP contribution is -2.01. The maximum atomic E-state index is 4.95. The fourth-order valence-corrected chi connectivity index (χ4v) is 5.32. The summed E-state index contributed by atoms with van der Waals surface area (Å²) in [5, 5.41) is 2.54. The smallest absolute Gasteiger partial charge is 0.164 e. The lowest BCUT2D eigenvalue weighted by Gasteiger charge is -2.19. The summed E-state index contributed by atoms with van der Waals surface area (Å²) < 4.78 is 0. The van der Waals surface area contributed by atoms with Gasteiger partial charge < -0.3 is 0 Å². The molecular formula is C35H25N3. The van der Waals surface area contributed by atoms with Crippen molar-refractivity contribution in [2.75, 3.05) is 0 Å². The van der Waals surface area contributed by atoms with Gasteiger partial charge in [0.2, 0.25) is 0 Å². The predicted octanol–water partition coefficient (Wildman–Crippen LogP) is 8.65. The summed E-state index contributed by atoms with van der Waals surface area (Å²) >= 11 is 0. The highest BCUT2D eigenvalue weighted by Crippen LogP contribution is 2.39. The fraction of sp³-hybridized carbons (Fsp3) is 0.0571. The minimum Gasteiger partial charge on any atom is -0.208 e. The van der Waals surface area contributed by atoms with Crippen LogP contribution in [0.2, 0.25) is 0 Å². The van der Waals surface area contributed by atoms with Crippen molar-refractivity contribution < 1.29 is 0 Å². The van der Waals surface area contributed by atoms with Gasteiger partial charge in [-0.25, -0.2) is 15.0 Å². The highest BCUT2D eigenvalue weighted by Gasteiger charge is 2.17. The molecule has 0 N–H and O–H groups in total. The van der Waals surface area contributed by atoms with E-state index in [4.69, 9.17) is 15.0 Å². The van der Waals surface area contributed by atoms with E-state index in [1.54, 1.807) is 0 Å². The molecule has 0 amide bonds. The first-order valence-corrected chi connectivity index (χ1v) is 13.0. The van der Waals surface area contributed by atoms with Gasteiger partial charge in [0.1, 0.15) is 0 Å². The lowest BCUT2D eigenvalue weighted by molar-refractivity contribution is 0.989. The maximum absolute atomic E-state index is 4.95. The molecule has 3 nitrogen and oxygen atoms in total. The van der Waals surface area contributed by atoms with Crippen molar-refractivity contribution in [3.05, 3.63) is 132 Å².